The Hall–Kier alpha value is -1.01. The lowest BCUT2D eigenvalue weighted by Gasteiger charge is -2.39. The monoisotopic (exact) mass is 498 g/mol. The average Bonchev–Trinajstić information content (AvgIpc) is 2.85. The number of aliphatic hydroxyl groups is 1. The molecule has 1 saturated carbocycles. The summed E-state index contributed by atoms with van der Waals surface area (Å²) in [4.78, 5) is 23.4. The van der Waals surface area contributed by atoms with Gasteiger partial charge in [0.05, 0.1) is 37.4 Å². The molecule has 34 heavy (non-hydrogen) atoms. The average molecular weight is 499 g/mol. The van der Waals surface area contributed by atoms with Gasteiger partial charge >= 0.3 is 11.9 Å². The van der Waals surface area contributed by atoms with Crippen molar-refractivity contribution in [2.24, 2.45) is 5.92 Å². The van der Waals surface area contributed by atoms with Crippen molar-refractivity contribution >= 4 is 23.7 Å². The Morgan fingerprint density at radius 3 is 2.03 bits per heavy atom. The van der Waals surface area contributed by atoms with Crippen molar-refractivity contribution in [1.29, 1.82) is 0 Å². The lowest BCUT2D eigenvalue weighted by molar-refractivity contribution is -0.148. The van der Waals surface area contributed by atoms with Crippen LogP contribution in [-0.4, -0.2) is 47.9 Å². The molecule has 198 valence electrons. The van der Waals surface area contributed by atoms with Gasteiger partial charge in [0.15, 0.2) is 0 Å². The molecule has 1 aliphatic rings. The third-order valence-electron chi connectivity index (χ3n) is 7.03. The van der Waals surface area contributed by atoms with Gasteiger partial charge in [-0.2, -0.15) is 11.8 Å². The number of thioether (sulfide) groups is 1. The summed E-state index contributed by atoms with van der Waals surface area (Å²) in [6, 6.07) is 0. The molecule has 0 bridgehead atoms. The minimum Gasteiger partial charge on any atom is -0.469 e. The van der Waals surface area contributed by atoms with E-state index in [4.69, 9.17) is 9.47 Å². The van der Waals surface area contributed by atoms with E-state index in [1.807, 2.05) is 0 Å². The fourth-order valence-electron chi connectivity index (χ4n) is 4.71. The van der Waals surface area contributed by atoms with Crippen LogP contribution in [0.4, 0.5) is 0 Å². The molecule has 0 aliphatic heterocycles. The van der Waals surface area contributed by atoms with Crippen LogP contribution in [0.3, 0.4) is 0 Å². The minimum atomic E-state index is -0.848. The Labute approximate surface area is 212 Å². The number of unbranched alkanes of at least 4 members (excludes halogenated alkanes) is 11. The van der Waals surface area contributed by atoms with Gasteiger partial charge in [-0.3, -0.25) is 9.59 Å². The van der Waals surface area contributed by atoms with E-state index in [0.717, 1.165) is 6.42 Å². The standard InChI is InChI=1S/C28H50O5S/c1-4-5-6-7-8-9-10-11-12-13-14-15-16-17-25(34-23-20-26(29)32-2)28(31)21-18-24(19-22-28)27(30)33-3/h16-17,24-25,31H,4-15,18-23H2,1-3H3. The van der Waals surface area contributed by atoms with E-state index >= 15 is 0 Å². The van der Waals surface area contributed by atoms with Crippen molar-refractivity contribution in [1.82, 2.24) is 0 Å². The number of rotatable bonds is 19. The topological polar surface area (TPSA) is 72.8 Å². The van der Waals surface area contributed by atoms with Gasteiger partial charge < -0.3 is 14.6 Å². The SMILES string of the molecule is CCCCCCCCCCCCCC=CC(SCCC(=O)OC)C1(O)CCC(C(=O)OC)CC1. The Bertz CT molecular complexity index is 569. The van der Waals surface area contributed by atoms with Gasteiger partial charge in [-0.05, 0) is 38.5 Å². The summed E-state index contributed by atoms with van der Waals surface area (Å²) in [5.74, 6) is 0.0935. The van der Waals surface area contributed by atoms with E-state index in [2.05, 4.69) is 19.1 Å². The van der Waals surface area contributed by atoms with Crippen LogP contribution in [0, 0.1) is 5.92 Å². The highest BCUT2D eigenvalue weighted by Gasteiger charge is 2.41. The van der Waals surface area contributed by atoms with Crippen LogP contribution >= 0.6 is 11.8 Å². The molecule has 0 amide bonds. The van der Waals surface area contributed by atoms with Crippen LogP contribution in [0.15, 0.2) is 12.2 Å². The first-order valence-electron chi connectivity index (χ1n) is 13.6. The maximum Gasteiger partial charge on any atom is 0.308 e. The van der Waals surface area contributed by atoms with E-state index in [-0.39, 0.29) is 23.1 Å². The fourth-order valence-corrected chi connectivity index (χ4v) is 6.02. The highest BCUT2D eigenvalue weighted by molar-refractivity contribution is 8.00. The van der Waals surface area contributed by atoms with Crippen molar-refractivity contribution < 1.29 is 24.2 Å². The molecule has 0 saturated heterocycles. The van der Waals surface area contributed by atoms with E-state index in [1.165, 1.54) is 84.8 Å². The highest BCUT2D eigenvalue weighted by Crippen LogP contribution is 2.40. The molecule has 0 aromatic heterocycles. The third-order valence-corrected chi connectivity index (χ3v) is 8.43. The molecule has 0 heterocycles. The van der Waals surface area contributed by atoms with Gasteiger partial charge in [0.25, 0.3) is 0 Å². The lowest BCUT2D eigenvalue weighted by atomic mass is 9.77. The zero-order valence-corrected chi connectivity index (χ0v) is 22.8. The molecule has 0 aromatic carbocycles. The van der Waals surface area contributed by atoms with Gasteiger partial charge in [0.1, 0.15) is 0 Å². The molecule has 1 atom stereocenters. The summed E-state index contributed by atoms with van der Waals surface area (Å²) in [5.41, 5.74) is -0.848. The van der Waals surface area contributed by atoms with E-state index in [1.54, 1.807) is 11.8 Å². The first kappa shape index (κ1) is 31.0. The Morgan fingerprint density at radius 1 is 0.941 bits per heavy atom. The number of carbonyl (C=O) groups is 2. The van der Waals surface area contributed by atoms with Gasteiger partial charge in [0.2, 0.25) is 0 Å². The predicted molar refractivity (Wildman–Crippen MR) is 142 cm³/mol. The number of ether oxygens (including phenoxy) is 2. The van der Waals surface area contributed by atoms with Crippen LogP contribution in [-0.2, 0) is 19.1 Å². The molecule has 0 radical (unpaired) electrons. The predicted octanol–water partition coefficient (Wildman–Crippen LogP) is 7.00. The summed E-state index contributed by atoms with van der Waals surface area (Å²) >= 11 is 1.62. The number of methoxy groups -OCH3 is 2. The summed E-state index contributed by atoms with van der Waals surface area (Å²) in [7, 11) is 2.83. The summed E-state index contributed by atoms with van der Waals surface area (Å²) in [6.07, 6.45) is 22.8. The molecule has 6 heteroatoms. The maximum atomic E-state index is 11.9. The zero-order chi connectivity index (χ0) is 25.1. The number of carbonyl (C=O) groups excluding carboxylic acids is 2. The molecule has 1 rings (SSSR count). The number of allylic oxidation sites excluding steroid dienone is 1. The highest BCUT2D eigenvalue weighted by atomic mass is 32.2. The molecule has 1 fully saturated rings. The summed E-state index contributed by atoms with van der Waals surface area (Å²) in [5, 5.41) is 11.3. The van der Waals surface area contributed by atoms with Crippen LogP contribution in [0.25, 0.3) is 0 Å². The van der Waals surface area contributed by atoms with Crippen LogP contribution in [0.1, 0.15) is 116 Å². The Morgan fingerprint density at radius 2 is 1.50 bits per heavy atom. The van der Waals surface area contributed by atoms with Crippen LogP contribution < -0.4 is 0 Å². The zero-order valence-electron chi connectivity index (χ0n) is 22.0. The molecule has 1 N–H and O–H groups in total. The first-order valence-corrected chi connectivity index (χ1v) is 14.7. The molecule has 1 aliphatic carbocycles. The molecular weight excluding hydrogens is 448 g/mol. The minimum absolute atomic E-state index is 0.0801. The molecule has 0 aromatic rings. The Kier molecular flexibility index (Phi) is 17.5. The Balaban J connectivity index is 2.37. The van der Waals surface area contributed by atoms with E-state index in [0.29, 0.717) is 37.9 Å². The molecular formula is C28H50O5S. The lowest BCUT2D eigenvalue weighted by Crippen LogP contribution is -2.44. The number of hydrogen-bond acceptors (Lipinski definition) is 6. The smallest absolute Gasteiger partial charge is 0.308 e. The van der Waals surface area contributed by atoms with Crippen molar-refractivity contribution in [3.63, 3.8) is 0 Å². The fraction of sp³-hybridized carbons (Fsp3) is 0.857. The summed E-state index contributed by atoms with van der Waals surface area (Å²) in [6.45, 7) is 2.26. The van der Waals surface area contributed by atoms with Crippen molar-refractivity contribution in [3.05, 3.63) is 12.2 Å². The second kappa shape index (κ2) is 19.2. The quantitative estimate of drug-likeness (QED) is 0.117. The van der Waals surface area contributed by atoms with Gasteiger partial charge in [-0.25, -0.2) is 0 Å². The number of esters is 2. The van der Waals surface area contributed by atoms with Crippen LogP contribution in [0.5, 0.6) is 0 Å². The molecule has 1 unspecified atom stereocenters. The normalized spacial score (nSPS) is 21.5. The van der Waals surface area contributed by atoms with E-state index < -0.39 is 5.60 Å². The van der Waals surface area contributed by atoms with Crippen molar-refractivity contribution in [2.75, 3.05) is 20.0 Å². The third kappa shape index (κ3) is 13.2. The number of hydrogen-bond donors (Lipinski definition) is 1. The van der Waals surface area contributed by atoms with Gasteiger partial charge in [-0.15, -0.1) is 0 Å². The van der Waals surface area contributed by atoms with Gasteiger partial charge in [0, 0.05) is 5.75 Å². The second-order valence-electron chi connectivity index (χ2n) is 9.77. The largest absolute Gasteiger partial charge is 0.469 e. The van der Waals surface area contributed by atoms with E-state index in [9.17, 15) is 14.7 Å². The van der Waals surface area contributed by atoms with Crippen molar-refractivity contribution in [3.8, 4) is 0 Å². The van der Waals surface area contributed by atoms with Crippen molar-refractivity contribution in [2.45, 2.75) is 127 Å². The first-order chi connectivity index (χ1) is 16.5. The maximum absolute atomic E-state index is 11.9. The second-order valence-corrected chi connectivity index (χ2v) is 11.0. The van der Waals surface area contributed by atoms with Crippen LogP contribution in [0.2, 0.25) is 0 Å². The molecule has 0 spiro atoms. The summed E-state index contributed by atoms with van der Waals surface area (Å²) < 4.78 is 9.64. The van der Waals surface area contributed by atoms with Gasteiger partial charge in [-0.1, -0.05) is 83.3 Å². The molecule has 5 nitrogen and oxygen atoms in total.